The smallest absolute Gasteiger partial charge is 0.376 e. The Morgan fingerprint density at radius 3 is 1.33 bits per heavy atom. The number of carbonyl (C=O) groups excluding carboxylic acids is 1. The summed E-state index contributed by atoms with van der Waals surface area (Å²) in [5, 5.41) is 0.633. The second kappa shape index (κ2) is 17.0. The van der Waals surface area contributed by atoms with Crippen molar-refractivity contribution in [3.63, 3.8) is 0 Å². The third-order valence-electron chi connectivity index (χ3n) is 0.962. The summed E-state index contributed by atoms with van der Waals surface area (Å²) < 4.78 is 0. The quantitative estimate of drug-likeness (QED) is 0.290. The molecule has 1 nitrogen and oxygen atoms in total. The molecule has 1 aromatic rings. The van der Waals surface area contributed by atoms with E-state index in [0.717, 1.165) is 0 Å². The van der Waals surface area contributed by atoms with Crippen LogP contribution >= 0.6 is 78.1 Å². The van der Waals surface area contributed by atoms with Gasteiger partial charge in [0.05, 0.1) is 6.29 Å². The van der Waals surface area contributed by atoms with Gasteiger partial charge in [-0.05, 0) is 0 Å². The van der Waals surface area contributed by atoms with Crippen molar-refractivity contribution in [2.24, 2.45) is 0 Å². The molecule has 1 aromatic carbocycles. The van der Waals surface area contributed by atoms with Crippen LogP contribution in [0.4, 0.5) is 0 Å². The van der Waals surface area contributed by atoms with Gasteiger partial charge in [-0.1, -0.05) is 23.7 Å². The van der Waals surface area contributed by atoms with Crippen molar-refractivity contribution in [1.29, 1.82) is 0 Å². The van der Waals surface area contributed by atoms with Crippen LogP contribution in [-0.2, 0) is 24.3 Å². The van der Waals surface area contributed by atoms with E-state index >= 15 is 0 Å². The maximum atomic E-state index is 9.95. The first kappa shape index (κ1) is 25.0. The molecular weight excluding hydrogens is 505 g/mol. The van der Waals surface area contributed by atoms with Gasteiger partial charge in [-0.15, -0.1) is 66.5 Å². The average molecular weight is 510 g/mol. The van der Waals surface area contributed by atoms with Crippen molar-refractivity contribution in [2.75, 3.05) is 0 Å². The molecule has 0 heterocycles. The predicted molar refractivity (Wildman–Crippen MR) is 82.9 cm³/mol. The Kier molecular flexibility index (Phi) is 23.6. The monoisotopic (exact) mass is 507 g/mol. The second-order valence-corrected chi connectivity index (χ2v) is 13.6. The summed E-state index contributed by atoms with van der Waals surface area (Å²) in [5.41, 5.74) is 0.527. The number of hydrogen-bond donors (Lipinski definition) is 0. The Hall–Kier alpha value is 1.98. The van der Waals surface area contributed by atoms with Crippen LogP contribution in [0.15, 0.2) is 24.3 Å². The van der Waals surface area contributed by atoms with Gasteiger partial charge < -0.3 is 4.79 Å². The molecule has 11 heteroatoms. The largest absolute Gasteiger partial charge is 1.00 e. The van der Waals surface area contributed by atoms with E-state index in [2.05, 4.69) is 0 Å². The number of benzene rings is 1. The number of hydrogen-bond acceptors (Lipinski definition) is 1. The van der Waals surface area contributed by atoms with Gasteiger partial charge in [0, 0.05) is 5.02 Å². The van der Waals surface area contributed by atoms with E-state index < -0.39 is 13.5 Å². The molecule has 0 amide bonds. The van der Waals surface area contributed by atoms with Crippen LogP contribution in [0.1, 0.15) is 5.56 Å². The molecular formula is C7H4Cl7ORuSi2. The van der Waals surface area contributed by atoms with Crippen molar-refractivity contribution in [3.05, 3.63) is 34.9 Å². The molecule has 0 aliphatic rings. The Morgan fingerprint density at radius 1 is 0.833 bits per heavy atom. The Labute approximate surface area is 155 Å². The number of halogens is 7. The number of rotatable bonds is 1. The minimum absolute atomic E-state index is 0. The Balaban J connectivity index is -0.000000214. The van der Waals surface area contributed by atoms with E-state index in [4.69, 9.17) is 78.1 Å². The SMILES string of the molecule is Cl[Si](Cl)Cl.Cl[Si](Cl)Cl.O=[C-]c1ccc(Cl)cc1.[Ru+]. The first-order valence-electron chi connectivity index (χ1n) is 3.60. The van der Waals surface area contributed by atoms with E-state index in [9.17, 15) is 4.79 Å². The second-order valence-electron chi connectivity index (χ2n) is 2.04. The summed E-state index contributed by atoms with van der Waals surface area (Å²) in [6.07, 6.45) is 1.75. The standard InChI is InChI=1S/C7H4ClO.2Cl3Si.Ru/c8-7-3-1-6(5-9)2-4-7;2*1-4(2)3;/h1-4H;;;/q-1;;;+1. The minimum Gasteiger partial charge on any atom is -0.376 e. The summed E-state index contributed by atoms with van der Waals surface area (Å²) in [7, 11) is 0. The fraction of sp³-hybridized carbons (Fsp3) is 0. The van der Waals surface area contributed by atoms with Crippen molar-refractivity contribution in [2.45, 2.75) is 0 Å². The molecule has 3 radical (unpaired) electrons. The molecule has 0 aliphatic carbocycles. The normalized spacial score (nSPS) is 8.50. The van der Waals surface area contributed by atoms with Crippen molar-refractivity contribution in [1.82, 2.24) is 0 Å². The molecule has 0 aliphatic heterocycles. The van der Waals surface area contributed by atoms with E-state index in [1.165, 1.54) is 0 Å². The van der Waals surface area contributed by atoms with Gasteiger partial charge >= 0.3 is 32.9 Å². The van der Waals surface area contributed by atoms with Crippen LogP contribution in [0.5, 0.6) is 0 Å². The molecule has 18 heavy (non-hydrogen) atoms. The maximum Gasteiger partial charge on any atom is 1.00 e. The summed E-state index contributed by atoms with van der Waals surface area (Å²) in [4.78, 5) is 9.95. The van der Waals surface area contributed by atoms with Gasteiger partial charge in [0.2, 0.25) is 0 Å². The summed E-state index contributed by atoms with van der Waals surface area (Å²) >= 11 is 35.0. The van der Waals surface area contributed by atoms with Crippen molar-refractivity contribution < 1.29 is 24.3 Å². The summed E-state index contributed by atoms with van der Waals surface area (Å²) in [6.45, 7) is -2.93. The van der Waals surface area contributed by atoms with Gasteiger partial charge in [0.25, 0.3) is 0 Å². The zero-order valence-electron chi connectivity index (χ0n) is 8.22. The van der Waals surface area contributed by atoms with Crippen LogP contribution in [0.2, 0.25) is 5.02 Å². The molecule has 0 spiro atoms. The van der Waals surface area contributed by atoms with Crippen LogP contribution < -0.4 is 0 Å². The van der Waals surface area contributed by atoms with E-state index in [1.54, 1.807) is 30.6 Å². The van der Waals surface area contributed by atoms with Crippen molar-refractivity contribution >= 4 is 97.8 Å². The molecule has 0 bridgehead atoms. The molecule has 1 rings (SSSR count). The first-order chi connectivity index (χ1) is 7.79. The van der Waals surface area contributed by atoms with Gasteiger partial charge in [-0.25, -0.2) is 0 Å². The first-order valence-corrected chi connectivity index (χ1v) is 13.0. The molecule has 0 aromatic heterocycles. The van der Waals surface area contributed by atoms with Gasteiger partial charge in [0.1, 0.15) is 0 Å². The molecule has 0 saturated heterocycles. The summed E-state index contributed by atoms with van der Waals surface area (Å²) in [6, 6.07) is 6.55. The topological polar surface area (TPSA) is 17.1 Å². The van der Waals surface area contributed by atoms with Crippen LogP contribution in [0, 0.1) is 0 Å². The van der Waals surface area contributed by atoms with Crippen molar-refractivity contribution in [3.8, 4) is 0 Å². The Morgan fingerprint density at radius 2 is 1.11 bits per heavy atom. The summed E-state index contributed by atoms with van der Waals surface area (Å²) in [5.74, 6) is 0. The molecule has 0 unspecified atom stereocenters. The van der Waals surface area contributed by atoms with E-state index in [1.807, 2.05) is 0 Å². The molecule has 0 atom stereocenters. The zero-order valence-corrected chi connectivity index (χ0v) is 17.2. The van der Waals surface area contributed by atoms with Crippen LogP contribution in [0.3, 0.4) is 0 Å². The molecule has 0 N–H and O–H groups in total. The molecule has 0 fully saturated rings. The third-order valence-corrected chi connectivity index (χ3v) is 1.21. The Bertz CT molecular complexity index is 287. The van der Waals surface area contributed by atoms with Gasteiger partial charge in [-0.2, -0.15) is 17.7 Å². The zero-order chi connectivity index (χ0) is 13.8. The van der Waals surface area contributed by atoms with E-state index in [-0.39, 0.29) is 19.5 Å². The van der Waals surface area contributed by atoms with Crippen LogP contribution in [0.25, 0.3) is 0 Å². The minimum atomic E-state index is -1.46. The van der Waals surface area contributed by atoms with Gasteiger partial charge in [0.15, 0.2) is 0 Å². The maximum absolute atomic E-state index is 9.95. The molecule has 103 valence electrons. The van der Waals surface area contributed by atoms with E-state index in [0.29, 0.717) is 10.6 Å². The van der Waals surface area contributed by atoms with Crippen LogP contribution in [-0.4, -0.2) is 19.7 Å². The third kappa shape index (κ3) is 26.5. The molecule has 0 saturated carbocycles. The predicted octanol–water partition coefficient (Wildman–Crippen LogP) is 5.17. The average Bonchev–Trinajstić information content (AvgIpc) is 2.17. The fourth-order valence-corrected chi connectivity index (χ4v) is 0.644. The van der Waals surface area contributed by atoms with Gasteiger partial charge in [-0.3, -0.25) is 0 Å². The fourth-order valence-electron chi connectivity index (χ4n) is 0.518.